The van der Waals surface area contributed by atoms with Gasteiger partial charge in [-0.25, -0.2) is 8.78 Å². The lowest BCUT2D eigenvalue weighted by Gasteiger charge is -2.20. The van der Waals surface area contributed by atoms with Gasteiger partial charge in [-0.15, -0.1) is 0 Å². The number of nitriles is 1. The average molecular weight is 876 g/mol. The predicted molar refractivity (Wildman–Crippen MR) is 274 cm³/mol. The molecule has 14 rings (SSSR count). The van der Waals surface area contributed by atoms with E-state index in [1.165, 1.54) is 12.1 Å². The summed E-state index contributed by atoms with van der Waals surface area (Å²) in [7, 11) is 0. The number of nitrogens with zero attached hydrogens (tertiary/aromatic N) is 5. The molecule has 0 spiro atoms. The van der Waals surface area contributed by atoms with E-state index >= 15 is 8.78 Å². The van der Waals surface area contributed by atoms with Crippen molar-refractivity contribution in [2.24, 2.45) is 0 Å². The van der Waals surface area contributed by atoms with E-state index in [9.17, 15) is 5.26 Å². The van der Waals surface area contributed by atoms with Crippen LogP contribution in [-0.4, -0.2) is 18.3 Å². The van der Waals surface area contributed by atoms with Gasteiger partial charge in [0, 0.05) is 66.1 Å². The van der Waals surface area contributed by atoms with Gasteiger partial charge in [-0.3, -0.25) is 0 Å². The first kappa shape index (κ1) is 38.1. The summed E-state index contributed by atoms with van der Waals surface area (Å²) in [6.07, 6.45) is 0. The summed E-state index contributed by atoms with van der Waals surface area (Å²) in [6, 6.07) is 73.1. The van der Waals surface area contributed by atoms with Crippen LogP contribution in [0.4, 0.5) is 8.78 Å². The Balaban J connectivity index is 1.19. The first-order chi connectivity index (χ1) is 33.6. The van der Waals surface area contributed by atoms with Gasteiger partial charge in [-0.05, 0) is 84.4 Å². The third-order valence-electron chi connectivity index (χ3n) is 13.9. The lowest BCUT2D eigenvalue weighted by atomic mass is 9.97. The monoisotopic (exact) mass is 875 g/mol. The van der Waals surface area contributed by atoms with E-state index in [1.807, 2.05) is 54.6 Å². The SMILES string of the molecule is N#Cc1c(-n2c3ccccc3c3ccc4c(c5ccccc5n4-c4ccccc4)c32)ccc(-c2cc(F)cc(F)c2)c1-n1c2ccccc2c2ccc3c(c4ccccc4n3-c3ccccc3)c21. The fourth-order valence-electron chi connectivity index (χ4n) is 11.3. The molecule has 5 nitrogen and oxygen atoms in total. The molecular weight excluding hydrogens is 841 g/mol. The highest BCUT2D eigenvalue weighted by Gasteiger charge is 2.28. The third kappa shape index (κ3) is 5.22. The largest absolute Gasteiger partial charge is 0.309 e. The molecule has 0 N–H and O–H groups in total. The molecule has 318 valence electrons. The zero-order valence-electron chi connectivity index (χ0n) is 36.2. The second kappa shape index (κ2) is 14.4. The maximum atomic E-state index is 15.6. The van der Waals surface area contributed by atoms with Crippen molar-refractivity contribution < 1.29 is 8.78 Å². The Hall–Kier alpha value is -9.25. The number of fused-ring (bicyclic) bond motifs is 14. The Kier molecular flexibility index (Phi) is 8.05. The molecule has 0 atom stereocenters. The maximum Gasteiger partial charge on any atom is 0.126 e. The van der Waals surface area contributed by atoms with Crippen LogP contribution in [0.1, 0.15) is 5.56 Å². The van der Waals surface area contributed by atoms with Gasteiger partial charge < -0.3 is 18.3 Å². The first-order valence-electron chi connectivity index (χ1n) is 22.6. The van der Waals surface area contributed by atoms with Crippen molar-refractivity contribution in [3.05, 3.63) is 230 Å². The van der Waals surface area contributed by atoms with Crippen LogP contribution < -0.4 is 0 Å². The fraction of sp³-hybridized carbons (Fsp3) is 0. The van der Waals surface area contributed by atoms with E-state index in [0.717, 1.165) is 105 Å². The van der Waals surface area contributed by atoms with E-state index in [2.05, 4.69) is 164 Å². The molecule has 7 heteroatoms. The molecular formula is C61H35F2N5. The summed E-state index contributed by atoms with van der Waals surface area (Å²) in [5, 5.41) is 20.2. The molecule has 0 aliphatic heterocycles. The van der Waals surface area contributed by atoms with Gasteiger partial charge in [0.1, 0.15) is 23.3 Å². The van der Waals surface area contributed by atoms with Crippen LogP contribution in [0.25, 0.3) is 121 Å². The molecule has 0 fully saturated rings. The lowest BCUT2D eigenvalue weighted by molar-refractivity contribution is 0.584. The van der Waals surface area contributed by atoms with E-state index in [1.54, 1.807) is 0 Å². The van der Waals surface area contributed by atoms with E-state index in [4.69, 9.17) is 0 Å². The second-order valence-corrected chi connectivity index (χ2v) is 17.4. The predicted octanol–water partition coefficient (Wildman–Crippen LogP) is 15.9. The summed E-state index contributed by atoms with van der Waals surface area (Å²) in [5.41, 5.74) is 12.1. The number of hydrogen-bond acceptors (Lipinski definition) is 1. The van der Waals surface area contributed by atoms with Gasteiger partial charge in [-0.2, -0.15) is 5.26 Å². The van der Waals surface area contributed by atoms with Crippen molar-refractivity contribution in [1.82, 2.24) is 18.3 Å². The maximum absolute atomic E-state index is 15.6. The zero-order chi connectivity index (χ0) is 45.2. The van der Waals surface area contributed by atoms with Gasteiger partial charge in [0.2, 0.25) is 0 Å². The quantitative estimate of drug-likeness (QED) is 0.170. The molecule has 4 aromatic heterocycles. The lowest BCUT2D eigenvalue weighted by Crippen LogP contribution is -2.07. The fourth-order valence-corrected chi connectivity index (χ4v) is 11.3. The Labute approximate surface area is 387 Å². The third-order valence-corrected chi connectivity index (χ3v) is 13.9. The topological polar surface area (TPSA) is 43.5 Å². The summed E-state index contributed by atoms with van der Waals surface area (Å²) in [4.78, 5) is 0. The highest BCUT2D eigenvalue weighted by molar-refractivity contribution is 6.28. The van der Waals surface area contributed by atoms with Crippen LogP contribution in [0.2, 0.25) is 0 Å². The van der Waals surface area contributed by atoms with Gasteiger partial charge in [0.25, 0.3) is 0 Å². The molecule has 0 bridgehead atoms. The van der Waals surface area contributed by atoms with Gasteiger partial charge >= 0.3 is 0 Å². The molecule has 0 aliphatic rings. The van der Waals surface area contributed by atoms with Gasteiger partial charge in [0.15, 0.2) is 0 Å². The molecule has 14 aromatic rings. The zero-order valence-corrected chi connectivity index (χ0v) is 36.2. The van der Waals surface area contributed by atoms with Crippen molar-refractivity contribution in [3.8, 4) is 39.9 Å². The van der Waals surface area contributed by atoms with Crippen LogP contribution in [0.5, 0.6) is 0 Å². The van der Waals surface area contributed by atoms with E-state index in [-0.39, 0.29) is 0 Å². The molecule has 0 aliphatic carbocycles. The molecule has 4 heterocycles. The summed E-state index contributed by atoms with van der Waals surface area (Å²) in [6.45, 7) is 0. The normalized spacial score (nSPS) is 12.0. The Bertz CT molecular complexity index is 4450. The first-order valence-corrected chi connectivity index (χ1v) is 22.6. The van der Waals surface area contributed by atoms with Crippen LogP contribution >= 0.6 is 0 Å². The molecule has 0 radical (unpaired) electrons. The molecule has 0 saturated carbocycles. The van der Waals surface area contributed by atoms with E-state index in [0.29, 0.717) is 28.1 Å². The van der Waals surface area contributed by atoms with Crippen molar-refractivity contribution in [2.75, 3.05) is 0 Å². The number of para-hydroxylation sites is 6. The molecule has 0 saturated heterocycles. The second-order valence-electron chi connectivity index (χ2n) is 17.4. The molecule has 0 amide bonds. The number of hydrogen-bond donors (Lipinski definition) is 0. The standard InChI is InChI=1S/C61H35F2N5/c62-38-33-37(34-39(63)35-38)42-27-30-54(67-50-23-11-7-19-43(50)45-28-31-55-57(60(45)67)47-21-9-13-25-52(47)65(55)40-15-3-1-4-16-40)49(36-64)59(42)68-51-24-12-8-20-44(51)46-29-32-56-58(61(46)68)48-22-10-14-26-53(48)66(56)41-17-5-2-6-18-41/h1-35H. The van der Waals surface area contributed by atoms with Crippen molar-refractivity contribution in [2.45, 2.75) is 0 Å². The average Bonchev–Trinajstić information content (AvgIpc) is 4.11. The molecule has 0 unspecified atom stereocenters. The summed E-state index contributed by atoms with van der Waals surface area (Å²) >= 11 is 0. The molecule has 68 heavy (non-hydrogen) atoms. The minimum atomic E-state index is -0.705. The summed E-state index contributed by atoms with van der Waals surface area (Å²) in [5.74, 6) is -1.41. The van der Waals surface area contributed by atoms with Crippen LogP contribution in [-0.2, 0) is 0 Å². The smallest absolute Gasteiger partial charge is 0.126 e. The Morgan fingerprint density at radius 3 is 1.28 bits per heavy atom. The van der Waals surface area contributed by atoms with Crippen molar-refractivity contribution in [3.63, 3.8) is 0 Å². The minimum absolute atomic E-state index is 0.320. The van der Waals surface area contributed by atoms with Crippen molar-refractivity contribution >= 4 is 87.2 Å². The number of rotatable bonds is 5. The van der Waals surface area contributed by atoms with Crippen LogP contribution in [0.3, 0.4) is 0 Å². The van der Waals surface area contributed by atoms with Gasteiger partial charge in [0.05, 0.1) is 55.5 Å². The Morgan fingerprint density at radius 1 is 0.353 bits per heavy atom. The minimum Gasteiger partial charge on any atom is -0.309 e. The molecule has 10 aromatic carbocycles. The van der Waals surface area contributed by atoms with Crippen molar-refractivity contribution in [1.29, 1.82) is 5.26 Å². The van der Waals surface area contributed by atoms with Gasteiger partial charge in [-0.1, -0.05) is 127 Å². The Morgan fingerprint density at radius 2 is 0.779 bits per heavy atom. The number of benzene rings is 10. The number of aromatic nitrogens is 4. The van der Waals surface area contributed by atoms with Crippen LogP contribution in [0, 0.1) is 23.0 Å². The number of halogens is 2. The van der Waals surface area contributed by atoms with E-state index < -0.39 is 11.6 Å². The highest BCUT2D eigenvalue weighted by Crippen LogP contribution is 2.47. The highest BCUT2D eigenvalue weighted by atomic mass is 19.1. The summed E-state index contributed by atoms with van der Waals surface area (Å²) < 4.78 is 40.1. The van der Waals surface area contributed by atoms with Crippen LogP contribution in [0.15, 0.2) is 212 Å².